The number of rotatable bonds is 5. The van der Waals surface area contributed by atoms with Crippen LogP contribution >= 0.6 is 0 Å². The molecule has 27 heavy (non-hydrogen) atoms. The molecule has 1 aromatic carbocycles. The molecule has 0 spiro atoms. The number of nitrogens with zero attached hydrogens (tertiary/aromatic N) is 2. The maximum absolute atomic E-state index is 12.4. The molecule has 146 valence electrons. The minimum Gasteiger partial charge on any atom is -0.467 e. The van der Waals surface area contributed by atoms with Gasteiger partial charge < -0.3 is 10.1 Å². The van der Waals surface area contributed by atoms with Crippen LogP contribution in [0.2, 0.25) is 0 Å². The number of alkyl halides is 3. The summed E-state index contributed by atoms with van der Waals surface area (Å²) in [6.07, 6.45) is -2.06. The first kappa shape index (κ1) is 20.7. The summed E-state index contributed by atoms with van der Waals surface area (Å²) in [5.74, 6) is -0.505. The van der Waals surface area contributed by atoms with E-state index in [0.717, 1.165) is 11.8 Å². The number of halogens is 3. The summed E-state index contributed by atoms with van der Waals surface area (Å²) in [6, 6.07) is 6.85. The molecule has 0 unspecified atom stereocenters. The van der Waals surface area contributed by atoms with Gasteiger partial charge in [-0.3, -0.25) is 9.78 Å². The lowest BCUT2D eigenvalue weighted by Crippen LogP contribution is -2.27. The molecule has 1 N–H and O–H groups in total. The minimum absolute atomic E-state index is 0.00613. The van der Waals surface area contributed by atoms with Crippen LogP contribution in [0.3, 0.4) is 0 Å². The van der Waals surface area contributed by atoms with Crippen molar-refractivity contribution in [2.75, 3.05) is 6.61 Å². The Morgan fingerprint density at radius 2 is 1.74 bits per heavy atom. The van der Waals surface area contributed by atoms with E-state index in [1.807, 2.05) is 12.1 Å². The van der Waals surface area contributed by atoms with Crippen LogP contribution in [0.1, 0.15) is 55.4 Å². The number of hydrogen-bond donors (Lipinski definition) is 1. The summed E-state index contributed by atoms with van der Waals surface area (Å²) in [5, 5.41) is 2.78. The molecule has 1 atom stereocenters. The van der Waals surface area contributed by atoms with Gasteiger partial charge in [0.25, 0.3) is 5.91 Å². The van der Waals surface area contributed by atoms with E-state index in [1.54, 1.807) is 19.1 Å². The first-order valence-electron chi connectivity index (χ1n) is 8.38. The van der Waals surface area contributed by atoms with E-state index in [2.05, 4.69) is 40.8 Å². The average Bonchev–Trinajstić information content (AvgIpc) is 2.59. The van der Waals surface area contributed by atoms with Crippen molar-refractivity contribution in [2.24, 2.45) is 0 Å². The maximum atomic E-state index is 12.4. The summed E-state index contributed by atoms with van der Waals surface area (Å²) in [7, 11) is 0. The van der Waals surface area contributed by atoms with E-state index in [1.165, 1.54) is 6.20 Å². The van der Waals surface area contributed by atoms with Gasteiger partial charge in [-0.15, -0.1) is 0 Å². The van der Waals surface area contributed by atoms with Crippen LogP contribution in [0, 0.1) is 0 Å². The van der Waals surface area contributed by atoms with Gasteiger partial charge >= 0.3 is 6.18 Å². The standard InChI is InChI=1S/C19H22F3N3O2/c1-12(15-9-24-16(10-23-15)27-11-19(20,21)22)25-17(26)13-5-7-14(8-6-13)18(2,3)4/h5-10,12H,11H2,1-4H3,(H,25,26)/t12-/m1/s1. The third kappa shape index (κ3) is 6.23. The Bertz CT molecular complexity index is 767. The highest BCUT2D eigenvalue weighted by Crippen LogP contribution is 2.22. The summed E-state index contributed by atoms with van der Waals surface area (Å²) >= 11 is 0. The molecular formula is C19H22F3N3O2. The Labute approximate surface area is 156 Å². The van der Waals surface area contributed by atoms with Crippen molar-refractivity contribution in [3.05, 3.63) is 53.5 Å². The van der Waals surface area contributed by atoms with Crippen LogP contribution in [0.25, 0.3) is 0 Å². The predicted octanol–water partition coefficient (Wildman–Crippen LogP) is 4.21. The van der Waals surface area contributed by atoms with Gasteiger partial charge in [0.2, 0.25) is 5.88 Å². The molecule has 5 nitrogen and oxygen atoms in total. The molecule has 1 amide bonds. The van der Waals surface area contributed by atoms with Crippen LogP contribution < -0.4 is 10.1 Å². The molecule has 1 aromatic heterocycles. The molecule has 0 fully saturated rings. The zero-order valence-electron chi connectivity index (χ0n) is 15.6. The number of carbonyl (C=O) groups is 1. The SMILES string of the molecule is C[C@@H](NC(=O)c1ccc(C(C)(C)C)cc1)c1cnc(OCC(F)(F)F)cn1. The van der Waals surface area contributed by atoms with Crippen LogP contribution in [-0.2, 0) is 5.41 Å². The smallest absolute Gasteiger partial charge is 0.422 e. The fourth-order valence-corrected chi connectivity index (χ4v) is 2.26. The van der Waals surface area contributed by atoms with Gasteiger partial charge in [0.15, 0.2) is 6.61 Å². The van der Waals surface area contributed by atoms with Gasteiger partial charge in [-0.2, -0.15) is 13.2 Å². The highest BCUT2D eigenvalue weighted by molar-refractivity contribution is 5.94. The Morgan fingerprint density at radius 1 is 1.11 bits per heavy atom. The third-order valence-electron chi connectivity index (χ3n) is 3.84. The monoisotopic (exact) mass is 381 g/mol. The first-order valence-corrected chi connectivity index (χ1v) is 8.38. The van der Waals surface area contributed by atoms with Crippen LogP contribution in [0.5, 0.6) is 5.88 Å². The van der Waals surface area contributed by atoms with E-state index < -0.39 is 18.8 Å². The van der Waals surface area contributed by atoms with Gasteiger partial charge in [0.1, 0.15) is 0 Å². The molecule has 0 bridgehead atoms. The van der Waals surface area contributed by atoms with Crippen molar-refractivity contribution in [1.29, 1.82) is 0 Å². The van der Waals surface area contributed by atoms with Gasteiger partial charge in [-0.1, -0.05) is 32.9 Å². The molecule has 0 aliphatic rings. The Morgan fingerprint density at radius 3 is 2.22 bits per heavy atom. The van der Waals surface area contributed by atoms with Crippen LogP contribution in [0.4, 0.5) is 13.2 Å². The van der Waals surface area contributed by atoms with Crippen molar-refractivity contribution in [3.8, 4) is 5.88 Å². The lowest BCUT2D eigenvalue weighted by Gasteiger charge is -2.19. The van der Waals surface area contributed by atoms with Crippen LogP contribution in [-0.4, -0.2) is 28.7 Å². The predicted molar refractivity (Wildman–Crippen MR) is 94.6 cm³/mol. The van der Waals surface area contributed by atoms with Crippen molar-refractivity contribution in [3.63, 3.8) is 0 Å². The summed E-state index contributed by atoms with van der Waals surface area (Å²) in [5.41, 5.74) is 2.03. The number of nitrogens with one attached hydrogen (secondary N) is 1. The van der Waals surface area contributed by atoms with E-state index >= 15 is 0 Å². The van der Waals surface area contributed by atoms with Gasteiger partial charge in [0.05, 0.1) is 24.1 Å². The third-order valence-corrected chi connectivity index (χ3v) is 3.84. The molecule has 8 heteroatoms. The second-order valence-electron chi connectivity index (χ2n) is 7.21. The number of aromatic nitrogens is 2. The minimum atomic E-state index is -4.44. The Kier molecular flexibility index (Phi) is 6.08. The van der Waals surface area contributed by atoms with Crippen molar-refractivity contribution in [2.45, 2.75) is 45.3 Å². The zero-order valence-corrected chi connectivity index (χ0v) is 15.6. The van der Waals surface area contributed by atoms with E-state index in [4.69, 9.17) is 0 Å². The maximum Gasteiger partial charge on any atom is 0.422 e. The number of amides is 1. The highest BCUT2D eigenvalue weighted by Gasteiger charge is 2.28. The molecule has 0 aliphatic heterocycles. The van der Waals surface area contributed by atoms with E-state index in [-0.39, 0.29) is 17.2 Å². The van der Waals surface area contributed by atoms with Crippen LogP contribution in [0.15, 0.2) is 36.7 Å². The number of carbonyl (C=O) groups excluding carboxylic acids is 1. The largest absolute Gasteiger partial charge is 0.467 e. The fraction of sp³-hybridized carbons (Fsp3) is 0.421. The van der Waals surface area contributed by atoms with Gasteiger partial charge in [-0.05, 0) is 30.0 Å². The molecule has 2 aromatic rings. The van der Waals surface area contributed by atoms with Crippen molar-refractivity contribution >= 4 is 5.91 Å². The number of hydrogen-bond acceptors (Lipinski definition) is 4. The lowest BCUT2D eigenvalue weighted by molar-refractivity contribution is -0.154. The number of benzene rings is 1. The normalized spacial score (nSPS) is 13.1. The second-order valence-corrected chi connectivity index (χ2v) is 7.21. The molecule has 2 rings (SSSR count). The first-order chi connectivity index (χ1) is 12.5. The fourth-order valence-electron chi connectivity index (χ4n) is 2.26. The Balaban J connectivity index is 1.97. The summed E-state index contributed by atoms with van der Waals surface area (Å²) in [6.45, 7) is 6.54. The molecule has 0 saturated carbocycles. The molecule has 0 saturated heterocycles. The lowest BCUT2D eigenvalue weighted by atomic mass is 9.86. The quantitative estimate of drug-likeness (QED) is 0.843. The summed E-state index contributed by atoms with van der Waals surface area (Å²) in [4.78, 5) is 20.1. The van der Waals surface area contributed by atoms with Gasteiger partial charge in [0, 0.05) is 5.56 Å². The number of ether oxygens (including phenoxy) is 1. The topological polar surface area (TPSA) is 64.1 Å². The molecular weight excluding hydrogens is 359 g/mol. The molecule has 0 aliphatic carbocycles. The average molecular weight is 381 g/mol. The van der Waals surface area contributed by atoms with Gasteiger partial charge in [-0.25, -0.2) is 4.98 Å². The highest BCUT2D eigenvalue weighted by atomic mass is 19.4. The molecule has 1 heterocycles. The van der Waals surface area contributed by atoms with Crippen molar-refractivity contribution in [1.82, 2.24) is 15.3 Å². The Hall–Kier alpha value is -2.64. The molecule has 0 radical (unpaired) electrons. The van der Waals surface area contributed by atoms with Crippen molar-refractivity contribution < 1.29 is 22.7 Å². The zero-order chi connectivity index (χ0) is 20.2. The van der Waals surface area contributed by atoms with E-state index in [0.29, 0.717) is 11.3 Å². The summed E-state index contributed by atoms with van der Waals surface area (Å²) < 4.78 is 40.9. The van der Waals surface area contributed by atoms with E-state index in [9.17, 15) is 18.0 Å². The second kappa shape index (κ2) is 7.94.